The first-order valence-corrected chi connectivity index (χ1v) is 13.7. The van der Waals surface area contributed by atoms with Gasteiger partial charge >= 0.3 is 0 Å². The largest absolute Gasteiger partial charge is 0.379 e. The number of morpholine rings is 1. The lowest BCUT2D eigenvalue weighted by molar-refractivity contribution is -0.113. The van der Waals surface area contributed by atoms with Crippen LogP contribution in [0.2, 0.25) is 0 Å². The molecule has 1 aliphatic rings. The number of hydrogen-bond acceptors (Lipinski definition) is 6. The molecule has 0 unspecified atom stereocenters. The number of nitrogens with zero attached hydrogens (tertiary/aromatic N) is 2. The zero-order chi connectivity index (χ0) is 24.3. The maximum Gasteiger partial charge on any atom is 0.243 e. The molecule has 180 valence electrons. The summed E-state index contributed by atoms with van der Waals surface area (Å²) in [6.45, 7) is 7.52. The van der Waals surface area contributed by atoms with Gasteiger partial charge < -0.3 is 10.1 Å². The quantitative estimate of drug-likeness (QED) is 0.491. The third kappa shape index (κ3) is 5.27. The van der Waals surface area contributed by atoms with Crippen molar-refractivity contribution in [2.45, 2.75) is 37.1 Å². The molecule has 0 atom stereocenters. The SMILES string of the molecule is CCc1cccc(C)c1NC(=O)CSc1cc(C)c2cc(S(=O)(=O)N3CCOCC3)ccc2n1. The highest BCUT2D eigenvalue weighted by Crippen LogP contribution is 2.28. The highest BCUT2D eigenvalue weighted by atomic mass is 32.2. The summed E-state index contributed by atoms with van der Waals surface area (Å²) < 4.78 is 32.8. The molecule has 3 aromatic rings. The molecule has 0 saturated carbocycles. The number of anilines is 1. The molecule has 0 aliphatic carbocycles. The van der Waals surface area contributed by atoms with Crippen LogP contribution in [0.5, 0.6) is 0 Å². The second-order valence-corrected chi connectivity index (χ2v) is 11.2. The zero-order valence-electron chi connectivity index (χ0n) is 19.6. The Bertz CT molecular complexity index is 1320. The molecule has 1 fully saturated rings. The molecule has 0 spiro atoms. The highest BCUT2D eigenvalue weighted by Gasteiger charge is 2.26. The van der Waals surface area contributed by atoms with E-state index in [1.807, 2.05) is 38.1 Å². The number of carbonyl (C=O) groups excluding carboxylic acids is 1. The van der Waals surface area contributed by atoms with E-state index >= 15 is 0 Å². The van der Waals surface area contributed by atoms with E-state index in [2.05, 4.69) is 17.2 Å². The summed E-state index contributed by atoms with van der Waals surface area (Å²) in [5, 5.41) is 4.55. The minimum atomic E-state index is -3.57. The summed E-state index contributed by atoms with van der Waals surface area (Å²) in [4.78, 5) is 17.5. The van der Waals surface area contributed by atoms with Crippen LogP contribution in [-0.2, 0) is 26.0 Å². The number of carbonyl (C=O) groups is 1. The van der Waals surface area contributed by atoms with Crippen molar-refractivity contribution in [2.75, 3.05) is 37.4 Å². The lowest BCUT2D eigenvalue weighted by Crippen LogP contribution is -2.40. The van der Waals surface area contributed by atoms with Crippen LogP contribution in [0.15, 0.2) is 52.4 Å². The van der Waals surface area contributed by atoms with Gasteiger partial charge in [-0.3, -0.25) is 4.79 Å². The van der Waals surface area contributed by atoms with Gasteiger partial charge in [0, 0.05) is 24.2 Å². The second-order valence-electron chi connectivity index (χ2n) is 8.27. The maximum absolute atomic E-state index is 13.0. The molecule has 9 heteroatoms. The van der Waals surface area contributed by atoms with Crippen molar-refractivity contribution < 1.29 is 17.9 Å². The molecule has 1 N–H and O–H groups in total. The normalized spacial score (nSPS) is 14.9. The third-order valence-electron chi connectivity index (χ3n) is 5.93. The van der Waals surface area contributed by atoms with Crippen LogP contribution in [0.3, 0.4) is 0 Å². The Labute approximate surface area is 205 Å². The molecule has 2 heterocycles. The number of amides is 1. The van der Waals surface area contributed by atoms with Gasteiger partial charge in [0.05, 0.1) is 34.4 Å². The van der Waals surface area contributed by atoms with Crippen LogP contribution >= 0.6 is 11.8 Å². The van der Waals surface area contributed by atoms with Crippen LogP contribution in [0, 0.1) is 13.8 Å². The fraction of sp³-hybridized carbons (Fsp3) is 0.360. The Morgan fingerprint density at radius 2 is 1.88 bits per heavy atom. The lowest BCUT2D eigenvalue weighted by atomic mass is 10.1. The summed E-state index contributed by atoms with van der Waals surface area (Å²) in [6.07, 6.45) is 0.846. The van der Waals surface area contributed by atoms with E-state index in [1.165, 1.54) is 16.1 Å². The molecular weight excluding hydrogens is 470 g/mol. The van der Waals surface area contributed by atoms with Crippen LogP contribution in [-0.4, -0.2) is 55.7 Å². The summed E-state index contributed by atoms with van der Waals surface area (Å²) >= 11 is 1.37. The average molecular weight is 500 g/mol. The number of aryl methyl sites for hydroxylation is 3. The Hall–Kier alpha value is -2.46. The maximum atomic E-state index is 13.0. The van der Waals surface area contributed by atoms with E-state index in [0.717, 1.165) is 39.2 Å². The fourth-order valence-electron chi connectivity index (χ4n) is 4.03. The predicted molar refractivity (Wildman–Crippen MR) is 136 cm³/mol. The number of sulfonamides is 1. The van der Waals surface area contributed by atoms with Crippen molar-refractivity contribution in [3.05, 3.63) is 59.2 Å². The molecule has 1 amide bonds. The third-order valence-corrected chi connectivity index (χ3v) is 8.73. The fourth-order valence-corrected chi connectivity index (χ4v) is 6.24. The molecule has 1 aromatic heterocycles. The van der Waals surface area contributed by atoms with E-state index in [0.29, 0.717) is 31.8 Å². The smallest absolute Gasteiger partial charge is 0.243 e. The second kappa shape index (κ2) is 10.4. The first-order chi connectivity index (χ1) is 16.3. The number of aromatic nitrogens is 1. The minimum absolute atomic E-state index is 0.0829. The van der Waals surface area contributed by atoms with Gasteiger partial charge in [0.2, 0.25) is 15.9 Å². The molecule has 34 heavy (non-hydrogen) atoms. The molecular formula is C25H29N3O4S2. The number of para-hydroxylation sites is 1. The van der Waals surface area contributed by atoms with Gasteiger partial charge in [-0.05, 0) is 61.2 Å². The van der Waals surface area contributed by atoms with Crippen LogP contribution < -0.4 is 5.32 Å². The molecule has 4 rings (SSSR count). The number of benzene rings is 2. The standard InChI is InChI=1S/C25H29N3O4S2/c1-4-19-7-5-6-17(2)25(19)27-23(29)16-33-24-14-18(3)21-15-20(8-9-22(21)26-24)34(30,31)28-10-12-32-13-11-28/h5-9,14-15H,4,10-13,16H2,1-3H3,(H,27,29). The topological polar surface area (TPSA) is 88.6 Å². The van der Waals surface area contributed by atoms with Gasteiger partial charge in [-0.1, -0.05) is 36.9 Å². The molecule has 2 aromatic carbocycles. The van der Waals surface area contributed by atoms with Gasteiger partial charge in [0.1, 0.15) is 0 Å². The number of nitrogens with one attached hydrogen (secondary N) is 1. The predicted octanol–water partition coefficient (Wildman–Crippen LogP) is 4.17. The van der Waals surface area contributed by atoms with Gasteiger partial charge in [-0.25, -0.2) is 13.4 Å². The molecule has 1 saturated heterocycles. The molecule has 0 bridgehead atoms. The monoisotopic (exact) mass is 499 g/mol. The van der Waals surface area contributed by atoms with Crippen molar-refractivity contribution in [3.8, 4) is 0 Å². The Morgan fingerprint density at radius 1 is 1.12 bits per heavy atom. The first-order valence-electron chi connectivity index (χ1n) is 11.3. The van der Waals surface area contributed by atoms with Gasteiger partial charge in [0.15, 0.2) is 0 Å². The van der Waals surface area contributed by atoms with Gasteiger partial charge in [-0.2, -0.15) is 4.31 Å². The first kappa shape index (κ1) is 24.7. The van der Waals surface area contributed by atoms with E-state index in [9.17, 15) is 13.2 Å². The number of ether oxygens (including phenoxy) is 1. The summed E-state index contributed by atoms with van der Waals surface area (Å²) in [5.41, 5.74) is 4.66. The molecule has 7 nitrogen and oxygen atoms in total. The Kier molecular flexibility index (Phi) is 7.57. The summed E-state index contributed by atoms with van der Waals surface area (Å²) in [5.74, 6) is 0.152. The number of fused-ring (bicyclic) bond motifs is 1. The average Bonchev–Trinajstić information content (AvgIpc) is 2.84. The van der Waals surface area contributed by atoms with Crippen molar-refractivity contribution >= 4 is 44.3 Å². The van der Waals surface area contributed by atoms with E-state index in [1.54, 1.807) is 18.2 Å². The Morgan fingerprint density at radius 3 is 2.62 bits per heavy atom. The van der Waals surface area contributed by atoms with Crippen molar-refractivity contribution in [1.82, 2.24) is 9.29 Å². The highest BCUT2D eigenvalue weighted by molar-refractivity contribution is 7.99. The van der Waals surface area contributed by atoms with E-state index < -0.39 is 10.0 Å². The van der Waals surface area contributed by atoms with E-state index in [4.69, 9.17) is 4.74 Å². The van der Waals surface area contributed by atoms with Crippen molar-refractivity contribution in [1.29, 1.82) is 0 Å². The van der Waals surface area contributed by atoms with Crippen LogP contribution in [0.4, 0.5) is 5.69 Å². The molecule has 0 radical (unpaired) electrons. The number of thioether (sulfide) groups is 1. The number of hydrogen-bond donors (Lipinski definition) is 1. The van der Waals surface area contributed by atoms with E-state index in [-0.39, 0.29) is 16.6 Å². The van der Waals surface area contributed by atoms with Crippen molar-refractivity contribution in [2.24, 2.45) is 0 Å². The Balaban J connectivity index is 1.49. The van der Waals surface area contributed by atoms with Crippen molar-refractivity contribution in [3.63, 3.8) is 0 Å². The summed E-state index contributed by atoms with van der Waals surface area (Å²) in [6, 6.07) is 12.9. The number of pyridine rings is 1. The lowest BCUT2D eigenvalue weighted by Gasteiger charge is -2.26. The van der Waals surface area contributed by atoms with Crippen LogP contribution in [0.25, 0.3) is 10.9 Å². The molecule has 1 aliphatic heterocycles. The number of rotatable bonds is 7. The summed E-state index contributed by atoms with van der Waals surface area (Å²) in [7, 11) is -3.57. The van der Waals surface area contributed by atoms with Gasteiger partial charge in [0.25, 0.3) is 0 Å². The van der Waals surface area contributed by atoms with Crippen LogP contribution in [0.1, 0.15) is 23.6 Å². The zero-order valence-corrected chi connectivity index (χ0v) is 21.3. The minimum Gasteiger partial charge on any atom is -0.379 e. The van der Waals surface area contributed by atoms with Gasteiger partial charge in [-0.15, -0.1) is 0 Å².